The SMILES string of the molecule is C[C@@H](NC(=O)c1cn([C@H]2C[C@@H]2C(F)(F)F)c(=O)cc1N[C@@H]1[C@@H]2CN(C)C[C@@H]21)c1cccc(C(F)F)c1F. The van der Waals surface area contributed by atoms with E-state index in [-0.39, 0.29) is 29.3 Å². The van der Waals surface area contributed by atoms with Gasteiger partial charge in [-0.3, -0.25) is 9.59 Å². The number of piperidine rings is 1. The van der Waals surface area contributed by atoms with Crippen LogP contribution < -0.4 is 16.2 Å². The second-order valence-electron chi connectivity index (χ2n) is 10.3. The van der Waals surface area contributed by atoms with E-state index in [9.17, 15) is 35.9 Å². The molecule has 6 nitrogen and oxygen atoms in total. The van der Waals surface area contributed by atoms with Gasteiger partial charge in [-0.1, -0.05) is 18.2 Å². The van der Waals surface area contributed by atoms with Gasteiger partial charge in [-0.15, -0.1) is 0 Å². The molecule has 2 aliphatic carbocycles. The van der Waals surface area contributed by atoms with E-state index >= 15 is 0 Å². The zero-order valence-electron chi connectivity index (χ0n) is 20.0. The molecule has 0 unspecified atom stereocenters. The third-order valence-corrected chi connectivity index (χ3v) is 7.67. The van der Waals surface area contributed by atoms with Crippen molar-refractivity contribution in [2.45, 2.75) is 44.1 Å². The number of nitrogens with zero attached hydrogens (tertiary/aromatic N) is 2. The summed E-state index contributed by atoms with van der Waals surface area (Å²) in [4.78, 5) is 28.2. The largest absolute Gasteiger partial charge is 0.393 e. The number of hydrogen-bond acceptors (Lipinski definition) is 4. The summed E-state index contributed by atoms with van der Waals surface area (Å²) < 4.78 is 81.3. The maximum absolute atomic E-state index is 14.6. The molecule has 1 aliphatic heterocycles. The van der Waals surface area contributed by atoms with Crippen LogP contribution in [0, 0.1) is 23.6 Å². The van der Waals surface area contributed by atoms with Crippen molar-refractivity contribution >= 4 is 11.6 Å². The number of amides is 1. The number of benzene rings is 1. The summed E-state index contributed by atoms with van der Waals surface area (Å²) in [7, 11) is 1.99. The van der Waals surface area contributed by atoms with E-state index < -0.39 is 53.5 Å². The van der Waals surface area contributed by atoms with Crippen LogP contribution in [0.15, 0.2) is 35.3 Å². The van der Waals surface area contributed by atoms with Crippen molar-refractivity contribution in [3.63, 3.8) is 0 Å². The summed E-state index contributed by atoms with van der Waals surface area (Å²) in [6.07, 6.45) is -6.67. The fourth-order valence-corrected chi connectivity index (χ4v) is 5.50. The van der Waals surface area contributed by atoms with Crippen LogP contribution in [0.4, 0.5) is 32.0 Å². The Kier molecular flexibility index (Phi) is 6.28. The summed E-state index contributed by atoms with van der Waals surface area (Å²) in [5.41, 5.74) is -1.51. The third-order valence-electron chi connectivity index (χ3n) is 7.67. The number of rotatable bonds is 7. The molecule has 0 radical (unpaired) electrons. The van der Waals surface area contributed by atoms with E-state index in [1.807, 2.05) is 7.05 Å². The Balaban J connectivity index is 1.43. The van der Waals surface area contributed by atoms with Crippen LogP contribution in [0.1, 0.15) is 53.3 Å². The van der Waals surface area contributed by atoms with Gasteiger partial charge >= 0.3 is 6.18 Å². The second kappa shape index (κ2) is 9.07. The maximum atomic E-state index is 14.6. The van der Waals surface area contributed by atoms with Crippen LogP contribution >= 0.6 is 0 Å². The number of carbonyl (C=O) groups is 1. The third kappa shape index (κ3) is 4.83. The summed E-state index contributed by atoms with van der Waals surface area (Å²) in [6.45, 7) is 3.09. The predicted molar refractivity (Wildman–Crippen MR) is 123 cm³/mol. The molecule has 3 aliphatic rings. The Morgan fingerprint density at radius 2 is 1.78 bits per heavy atom. The zero-order valence-corrected chi connectivity index (χ0v) is 20.0. The number of anilines is 1. The summed E-state index contributed by atoms with van der Waals surface area (Å²) in [5.74, 6) is -2.94. The van der Waals surface area contributed by atoms with Crippen LogP contribution in [-0.2, 0) is 0 Å². The fraction of sp³-hybridized carbons (Fsp3) is 0.520. The lowest BCUT2D eigenvalue weighted by molar-refractivity contribution is -0.150. The van der Waals surface area contributed by atoms with Crippen LogP contribution in [0.2, 0.25) is 0 Å². The number of halogens is 6. The van der Waals surface area contributed by atoms with Crippen molar-refractivity contribution in [2.24, 2.45) is 17.8 Å². The maximum Gasteiger partial charge on any atom is 0.393 e. The van der Waals surface area contributed by atoms with Gasteiger partial charge in [-0.05, 0) is 32.2 Å². The highest BCUT2D eigenvalue weighted by Gasteiger charge is 2.57. The lowest BCUT2D eigenvalue weighted by atomic mass is 10.0. The standard InChI is InChI=1S/C25H26F6N4O2/c1-11(12-4-3-5-13(21(12)26)23(27)28)32-24(37)16-10-35(19-6-17(19)25(29,30)31)20(36)7-18(16)33-22-14-8-34(2)9-15(14)22/h3-5,7,10-11,14-15,17,19,22-23,33H,6,8-9H2,1-2H3,(H,32,37)/t11-,14-,15+,17+,19+,22-/m1/s1. The van der Waals surface area contributed by atoms with Crippen molar-refractivity contribution in [3.8, 4) is 0 Å². The molecule has 3 fully saturated rings. The first-order chi connectivity index (χ1) is 17.4. The molecule has 0 spiro atoms. The zero-order chi connectivity index (χ0) is 26.8. The number of nitrogens with one attached hydrogen (secondary N) is 2. The summed E-state index contributed by atoms with van der Waals surface area (Å²) >= 11 is 0. The number of likely N-dealkylation sites (tertiary alicyclic amines) is 1. The first kappa shape index (κ1) is 25.6. The molecule has 1 saturated heterocycles. The Bertz CT molecular complexity index is 1270. The average molecular weight is 528 g/mol. The van der Waals surface area contributed by atoms with Gasteiger partial charge < -0.3 is 20.1 Å². The molecule has 200 valence electrons. The van der Waals surface area contributed by atoms with Crippen molar-refractivity contribution in [1.82, 2.24) is 14.8 Å². The normalized spacial score (nSPS) is 27.6. The highest BCUT2D eigenvalue weighted by molar-refractivity contribution is 5.99. The molecule has 2 saturated carbocycles. The molecule has 6 atom stereocenters. The van der Waals surface area contributed by atoms with E-state index in [4.69, 9.17) is 0 Å². The van der Waals surface area contributed by atoms with E-state index in [1.165, 1.54) is 19.1 Å². The molecule has 2 heterocycles. The minimum absolute atomic E-state index is 0.0134. The Morgan fingerprint density at radius 1 is 1.14 bits per heavy atom. The summed E-state index contributed by atoms with van der Waals surface area (Å²) in [6, 6.07) is 2.47. The molecule has 5 rings (SSSR count). The molecule has 1 amide bonds. The van der Waals surface area contributed by atoms with Crippen molar-refractivity contribution in [2.75, 3.05) is 25.5 Å². The predicted octanol–water partition coefficient (Wildman–Crippen LogP) is 4.51. The van der Waals surface area contributed by atoms with Crippen LogP contribution in [0.25, 0.3) is 0 Å². The molecule has 37 heavy (non-hydrogen) atoms. The average Bonchev–Trinajstić information content (AvgIpc) is 3.69. The van der Waals surface area contributed by atoms with Gasteiger partial charge in [0, 0.05) is 43.0 Å². The van der Waals surface area contributed by atoms with E-state index in [0.29, 0.717) is 11.8 Å². The second-order valence-corrected chi connectivity index (χ2v) is 10.3. The summed E-state index contributed by atoms with van der Waals surface area (Å²) in [5, 5.41) is 5.76. The fourth-order valence-electron chi connectivity index (χ4n) is 5.50. The number of carbonyl (C=O) groups excluding carboxylic acids is 1. The smallest absolute Gasteiger partial charge is 0.381 e. The molecule has 1 aromatic heterocycles. The van der Waals surface area contributed by atoms with Gasteiger partial charge in [0.25, 0.3) is 17.9 Å². The van der Waals surface area contributed by atoms with Crippen LogP contribution in [0.3, 0.4) is 0 Å². The minimum Gasteiger partial charge on any atom is -0.381 e. The first-order valence-corrected chi connectivity index (χ1v) is 12.0. The van der Waals surface area contributed by atoms with Crippen LogP contribution in [0.5, 0.6) is 0 Å². The highest BCUT2D eigenvalue weighted by Crippen LogP contribution is 2.53. The molecule has 1 aromatic carbocycles. The van der Waals surface area contributed by atoms with E-state index in [1.54, 1.807) is 0 Å². The van der Waals surface area contributed by atoms with E-state index in [0.717, 1.165) is 36.0 Å². The number of aromatic nitrogens is 1. The van der Waals surface area contributed by atoms with Gasteiger partial charge in [0.15, 0.2) is 0 Å². The molecule has 2 N–H and O–H groups in total. The number of alkyl halides is 5. The van der Waals surface area contributed by atoms with Crippen molar-refractivity contribution < 1.29 is 31.1 Å². The van der Waals surface area contributed by atoms with Gasteiger partial charge in [0.2, 0.25) is 0 Å². The van der Waals surface area contributed by atoms with Crippen LogP contribution in [-0.4, -0.2) is 47.7 Å². The van der Waals surface area contributed by atoms with E-state index in [2.05, 4.69) is 15.5 Å². The highest BCUT2D eigenvalue weighted by atomic mass is 19.4. The number of pyridine rings is 1. The number of fused-ring (bicyclic) bond motifs is 1. The van der Waals surface area contributed by atoms with Gasteiger partial charge in [0.1, 0.15) is 5.82 Å². The van der Waals surface area contributed by atoms with Crippen molar-refractivity contribution in [1.29, 1.82) is 0 Å². The van der Waals surface area contributed by atoms with Gasteiger partial charge in [-0.25, -0.2) is 13.2 Å². The quantitative estimate of drug-likeness (QED) is 0.519. The molecule has 0 bridgehead atoms. The molecule has 2 aromatic rings. The molecular formula is C25H26F6N4O2. The molecular weight excluding hydrogens is 502 g/mol. The van der Waals surface area contributed by atoms with Gasteiger partial charge in [0.05, 0.1) is 28.8 Å². The lowest BCUT2D eigenvalue weighted by Gasteiger charge is -2.20. The lowest BCUT2D eigenvalue weighted by Crippen LogP contribution is -2.32. The Morgan fingerprint density at radius 3 is 2.38 bits per heavy atom. The first-order valence-electron chi connectivity index (χ1n) is 12.0. The Labute approximate surface area is 208 Å². The van der Waals surface area contributed by atoms with Gasteiger partial charge in [-0.2, -0.15) is 13.2 Å². The number of hydrogen-bond donors (Lipinski definition) is 2. The Hall–Kier alpha value is -3.02. The topological polar surface area (TPSA) is 66.4 Å². The monoisotopic (exact) mass is 528 g/mol. The minimum atomic E-state index is -4.47. The molecule has 12 heteroatoms. The van der Waals surface area contributed by atoms with Crippen molar-refractivity contribution in [3.05, 3.63) is 63.3 Å².